The Bertz CT molecular complexity index is 374. The van der Waals surface area contributed by atoms with Crippen LogP contribution in [0, 0.1) is 0 Å². The molecular formula is C10H11ClN2O. The normalized spacial score (nSPS) is 10.6. The molecule has 0 heterocycles. The van der Waals surface area contributed by atoms with Crippen molar-refractivity contribution in [1.29, 1.82) is 0 Å². The van der Waals surface area contributed by atoms with Crippen LogP contribution in [0.3, 0.4) is 0 Å². The van der Waals surface area contributed by atoms with E-state index >= 15 is 0 Å². The SMILES string of the molecule is NC(=O)CC=Cc1cc(Cl)ccc1N. The number of nitrogens with two attached hydrogens (primary N) is 2. The van der Waals surface area contributed by atoms with Crippen LogP contribution in [0.5, 0.6) is 0 Å². The molecule has 4 heteroatoms. The second kappa shape index (κ2) is 4.67. The maximum atomic E-state index is 10.5. The average Bonchev–Trinajstić information content (AvgIpc) is 2.10. The summed E-state index contributed by atoms with van der Waals surface area (Å²) in [6, 6.07) is 5.16. The number of nitrogen functional groups attached to an aromatic ring is 1. The quantitative estimate of drug-likeness (QED) is 0.748. The Kier molecular flexibility index (Phi) is 3.54. The van der Waals surface area contributed by atoms with Gasteiger partial charge in [-0.05, 0) is 23.8 Å². The number of primary amides is 1. The van der Waals surface area contributed by atoms with E-state index in [1.807, 2.05) is 0 Å². The Morgan fingerprint density at radius 3 is 2.86 bits per heavy atom. The molecule has 1 amide bonds. The van der Waals surface area contributed by atoms with Gasteiger partial charge in [-0.15, -0.1) is 0 Å². The molecule has 0 aromatic heterocycles. The molecule has 0 radical (unpaired) electrons. The number of hydrogen-bond acceptors (Lipinski definition) is 2. The molecule has 3 nitrogen and oxygen atoms in total. The van der Waals surface area contributed by atoms with Crippen LogP contribution >= 0.6 is 11.6 Å². The second-order valence-corrected chi connectivity index (χ2v) is 3.28. The van der Waals surface area contributed by atoms with Gasteiger partial charge in [0.1, 0.15) is 0 Å². The largest absolute Gasteiger partial charge is 0.398 e. The number of carbonyl (C=O) groups excluding carboxylic acids is 1. The standard InChI is InChI=1S/C10H11ClN2O/c11-8-4-5-9(12)7(6-8)2-1-3-10(13)14/h1-2,4-6H,3,12H2,(H2,13,14). The van der Waals surface area contributed by atoms with Crippen molar-refractivity contribution >= 4 is 29.3 Å². The van der Waals surface area contributed by atoms with Crippen molar-refractivity contribution in [2.24, 2.45) is 5.73 Å². The molecule has 0 unspecified atom stereocenters. The lowest BCUT2D eigenvalue weighted by atomic mass is 10.1. The number of halogens is 1. The van der Waals surface area contributed by atoms with E-state index < -0.39 is 0 Å². The van der Waals surface area contributed by atoms with E-state index in [1.54, 1.807) is 30.4 Å². The molecule has 0 saturated carbocycles. The molecule has 0 aliphatic heterocycles. The van der Waals surface area contributed by atoms with E-state index in [4.69, 9.17) is 23.1 Å². The van der Waals surface area contributed by atoms with Gasteiger partial charge >= 0.3 is 0 Å². The summed E-state index contributed by atoms with van der Waals surface area (Å²) in [5, 5.41) is 0.609. The molecule has 1 rings (SSSR count). The minimum atomic E-state index is -0.373. The molecule has 1 aromatic carbocycles. The first-order chi connectivity index (χ1) is 6.59. The highest BCUT2D eigenvalue weighted by Crippen LogP contribution is 2.19. The van der Waals surface area contributed by atoms with E-state index in [0.717, 1.165) is 5.56 Å². The lowest BCUT2D eigenvalue weighted by molar-refractivity contribution is -0.117. The summed E-state index contributed by atoms with van der Waals surface area (Å²) in [5.74, 6) is -0.373. The predicted molar refractivity (Wildman–Crippen MR) is 58.7 cm³/mol. The third kappa shape index (κ3) is 3.11. The number of carbonyl (C=O) groups is 1. The minimum Gasteiger partial charge on any atom is -0.398 e. The van der Waals surface area contributed by atoms with E-state index in [-0.39, 0.29) is 12.3 Å². The fourth-order valence-electron chi connectivity index (χ4n) is 0.992. The Morgan fingerprint density at radius 2 is 2.21 bits per heavy atom. The van der Waals surface area contributed by atoms with Gasteiger partial charge in [-0.25, -0.2) is 0 Å². The van der Waals surface area contributed by atoms with Crippen LogP contribution in [-0.2, 0) is 4.79 Å². The lowest BCUT2D eigenvalue weighted by Gasteiger charge is -1.99. The van der Waals surface area contributed by atoms with Crippen molar-refractivity contribution in [1.82, 2.24) is 0 Å². The average molecular weight is 211 g/mol. The van der Waals surface area contributed by atoms with Crippen LogP contribution in [0.4, 0.5) is 5.69 Å². The summed E-state index contributed by atoms with van der Waals surface area (Å²) in [7, 11) is 0. The molecule has 0 spiro atoms. The molecular weight excluding hydrogens is 200 g/mol. The van der Waals surface area contributed by atoms with Crippen molar-refractivity contribution in [3.8, 4) is 0 Å². The van der Waals surface area contributed by atoms with Gasteiger partial charge in [0.25, 0.3) is 0 Å². The summed E-state index contributed by atoms with van der Waals surface area (Å²) in [5.41, 5.74) is 12.1. The lowest BCUT2D eigenvalue weighted by Crippen LogP contribution is -2.07. The van der Waals surface area contributed by atoms with Gasteiger partial charge in [-0.1, -0.05) is 23.8 Å². The van der Waals surface area contributed by atoms with Gasteiger partial charge in [0.05, 0.1) is 0 Å². The Labute approximate surface area is 87.3 Å². The number of rotatable bonds is 3. The monoisotopic (exact) mass is 210 g/mol. The zero-order valence-electron chi connectivity index (χ0n) is 7.53. The van der Waals surface area contributed by atoms with E-state index in [1.165, 1.54) is 0 Å². The van der Waals surface area contributed by atoms with Gasteiger partial charge in [0, 0.05) is 17.1 Å². The summed E-state index contributed by atoms with van der Waals surface area (Å²) in [6.45, 7) is 0. The molecule has 0 aliphatic rings. The zero-order valence-corrected chi connectivity index (χ0v) is 8.29. The molecule has 0 saturated heterocycles. The van der Waals surface area contributed by atoms with Gasteiger partial charge < -0.3 is 11.5 Å². The number of hydrogen-bond donors (Lipinski definition) is 2. The van der Waals surface area contributed by atoms with Crippen molar-refractivity contribution in [2.75, 3.05) is 5.73 Å². The smallest absolute Gasteiger partial charge is 0.221 e. The molecule has 14 heavy (non-hydrogen) atoms. The van der Waals surface area contributed by atoms with E-state index in [0.29, 0.717) is 10.7 Å². The second-order valence-electron chi connectivity index (χ2n) is 2.85. The third-order valence-corrected chi connectivity index (χ3v) is 1.90. The summed E-state index contributed by atoms with van der Waals surface area (Å²) >= 11 is 5.78. The Hall–Kier alpha value is -1.48. The van der Waals surface area contributed by atoms with Crippen LogP contribution in [0.15, 0.2) is 24.3 Å². The first-order valence-corrected chi connectivity index (χ1v) is 4.47. The maximum absolute atomic E-state index is 10.5. The Morgan fingerprint density at radius 1 is 1.50 bits per heavy atom. The molecule has 0 fully saturated rings. The molecule has 1 aromatic rings. The van der Waals surface area contributed by atoms with E-state index in [9.17, 15) is 4.79 Å². The summed E-state index contributed by atoms with van der Waals surface area (Å²) in [6.07, 6.45) is 3.59. The van der Waals surface area contributed by atoms with Crippen LogP contribution in [0.1, 0.15) is 12.0 Å². The Balaban J connectivity index is 2.80. The van der Waals surface area contributed by atoms with Gasteiger partial charge in [0.15, 0.2) is 0 Å². The summed E-state index contributed by atoms with van der Waals surface area (Å²) in [4.78, 5) is 10.5. The van der Waals surface area contributed by atoms with Crippen LogP contribution < -0.4 is 11.5 Å². The highest BCUT2D eigenvalue weighted by atomic mass is 35.5. The first kappa shape index (κ1) is 10.6. The van der Waals surface area contributed by atoms with Crippen molar-refractivity contribution in [2.45, 2.75) is 6.42 Å². The van der Waals surface area contributed by atoms with Crippen LogP contribution in [0.25, 0.3) is 6.08 Å². The van der Waals surface area contributed by atoms with Gasteiger partial charge in [0.2, 0.25) is 5.91 Å². The first-order valence-electron chi connectivity index (χ1n) is 4.09. The molecule has 4 N–H and O–H groups in total. The predicted octanol–water partition coefficient (Wildman–Crippen LogP) is 1.81. The highest BCUT2D eigenvalue weighted by molar-refractivity contribution is 6.30. The summed E-state index contributed by atoms with van der Waals surface area (Å²) < 4.78 is 0. The third-order valence-electron chi connectivity index (χ3n) is 1.67. The van der Waals surface area contributed by atoms with Crippen LogP contribution in [0.2, 0.25) is 5.02 Å². The highest BCUT2D eigenvalue weighted by Gasteiger charge is 1.96. The molecule has 74 valence electrons. The zero-order chi connectivity index (χ0) is 10.6. The number of benzene rings is 1. The van der Waals surface area contributed by atoms with Gasteiger partial charge in [-0.3, -0.25) is 4.79 Å². The van der Waals surface area contributed by atoms with Crippen molar-refractivity contribution in [3.63, 3.8) is 0 Å². The topological polar surface area (TPSA) is 69.1 Å². The van der Waals surface area contributed by atoms with Crippen molar-refractivity contribution < 1.29 is 4.79 Å². The molecule has 0 bridgehead atoms. The van der Waals surface area contributed by atoms with Crippen LogP contribution in [-0.4, -0.2) is 5.91 Å². The molecule has 0 atom stereocenters. The van der Waals surface area contributed by atoms with Gasteiger partial charge in [-0.2, -0.15) is 0 Å². The fraction of sp³-hybridized carbons (Fsp3) is 0.100. The van der Waals surface area contributed by atoms with Crippen molar-refractivity contribution in [3.05, 3.63) is 34.9 Å². The van der Waals surface area contributed by atoms with E-state index in [2.05, 4.69) is 0 Å². The minimum absolute atomic E-state index is 0.200. The number of anilines is 1. The molecule has 0 aliphatic carbocycles. The fourth-order valence-corrected chi connectivity index (χ4v) is 1.17. The maximum Gasteiger partial charge on any atom is 0.221 e. The number of amides is 1.